The Hall–Kier alpha value is -0.770. The molecule has 1 fully saturated rings. The fraction of sp³-hybridized carbons (Fsp3) is 0.500. The first-order valence-corrected chi connectivity index (χ1v) is 6.84. The molecule has 0 saturated carbocycles. The quantitative estimate of drug-likeness (QED) is 0.901. The summed E-state index contributed by atoms with van der Waals surface area (Å²) in [5.41, 5.74) is 1.03. The van der Waals surface area contributed by atoms with Gasteiger partial charge in [-0.3, -0.25) is 4.79 Å². The van der Waals surface area contributed by atoms with Gasteiger partial charge in [-0.25, -0.2) is 0 Å². The summed E-state index contributed by atoms with van der Waals surface area (Å²) in [7, 11) is 0. The van der Waals surface area contributed by atoms with Crippen LogP contribution in [0, 0.1) is 0 Å². The number of nitrogens with one attached hydrogen (secondary N) is 2. The van der Waals surface area contributed by atoms with Gasteiger partial charge in [0.2, 0.25) is 5.91 Å². The minimum absolute atomic E-state index is 0. The minimum atomic E-state index is -0.0413. The predicted molar refractivity (Wildman–Crippen MR) is 80.9 cm³/mol. The number of carbonyl (C=O) groups is 1. The highest BCUT2D eigenvalue weighted by atomic mass is 35.5. The van der Waals surface area contributed by atoms with Crippen LogP contribution in [0.2, 0.25) is 5.02 Å². The summed E-state index contributed by atoms with van der Waals surface area (Å²) in [5.74, 6) is 0.0853. The Morgan fingerprint density at radius 3 is 2.89 bits per heavy atom. The van der Waals surface area contributed by atoms with E-state index in [-0.39, 0.29) is 30.4 Å². The second-order valence-corrected chi connectivity index (χ2v) is 5.22. The van der Waals surface area contributed by atoms with Crippen LogP contribution in [-0.2, 0) is 4.79 Å². The number of hydrogen-bond acceptors (Lipinski definition) is 2. The van der Waals surface area contributed by atoms with Crippen LogP contribution in [0.5, 0.6) is 0 Å². The molecular weight excluding hydrogens is 283 g/mol. The summed E-state index contributed by atoms with van der Waals surface area (Å²) in [5, 5.41) is 6.98. The number of piperidine rings is 1. The van der Waals surface area contributed by atoms with E-state index in [1.54, 1.807) is 0 Å². The molecule has 0 aliphatic carbocycles. The first kappa shape index (κ1) is 16.3. The fourth-order valence-electron chi connectivity index (χ4n) is 2.25. The lowest BCUT2D eigenvalue weighted by Crippen LogP contribution is -2.47. The molecule has 2 N–H and O–H groups in total. The van der Waals surface area contributed by atoms with Crippen molar-refractivity contribution in [2.24, 2.45) is 0 Å². The molecule has 1 amide bonds. The predicted octanol–water partition coefficient (Wildman–Crippen LogP) is 3.08. The Bertz CT molecular complexity index is 420. The van der Waals surface area contributed by atoms with Crippen LogP contribution >= 0.6 is 24.0 Å². The molecule has 0 spiro atoms. The zero-order chi connectivity index (χ0) is 13.0. The van der Waals surface area contributed by atoms with Crippen molar-refractivity contribution in [3.05, 3.63) is 34.9 Å². The average molecular weight is 303 g/mol. The SMILES string of the molecule is C[C@@H](NC(=O)[C@H]1CCCCN1)c1cccc(Cl)c1.Cl. The highest BCUT2D eigenvalue weighted by molar-refractivity contribution is 6.30. The lowest BCUT2D eigenvalue weighted by Gasteiger charge is -2.24. The number of carbonyl (C=O) groups excluding carboxylic acids is 1. The maximum absolute atomic E-state index is 12.1. The molecule has 19 heavy (non-hydrogen) atoms. The van der Waals surface area contributed by atoms with E-state index < -0.39 is 0 Å². The van der Waals surface area contributed by atoms with E-state index in [9.17, 15) is 4.79 Å². The van der Waals surface area contributed by atoms with Gasteiger partial charge in [0.05, 0.1) is 12.1 Å². The van der Waals surface area contributed by atoms with Crippen LogP contribution in [0.15, 0.2) is 24.3 Å². The first-order chi connectivity index (χ1) is 8.66. The molecule has 1 aromatic carbocycles. The molecule has 1 saturated heterocycles. The third kappa shape index (κ3) is 4.68. The number of halogens is 2. The van der Waals surface area contributed by atoms with Gasteiger partial charge >= 0.3 is 0 Å². The topological polar surface area (TPSA) is 41.1 Å². The van der Waals surface area contributed by atoms with E-state index in [0.29, 0.717) is 5.02 Å². The van der Waals surface area contributed by atoms with Crippen molar-refractivity contribution >= 4 is 29.9 Å². The van der Waals surface area contributed by atoms with Crippen LogP contribution in [0.1, 0.15) is 37.8 Å². The highest BCUT2D eigenvalue weighted by Crippen LogP contribution is 2.18. The zero-order valence-electron chi connectivity index (χ0n) is 11.0. The van der Waals surface area contributed by atoms with Crippen LogP contribution in [0.4, 0.5) is 0 Å². The molecule has 2 atom stereocenters. The summed E-state index contributed by atoms with van der Waals surface area (Å²) >= 11 is 5.95. The molecule has 1 aromatic rings. The molecule has 1 aliphatic rings. The van der Waals surface area contributed by atoms with Crippen molar-refractivity contribution in [2.75, 3.05) is 6.54 Å². The van der Waals surface area contributed by atoms with E-state index >= 15 is 0 Å². The van der Waals surface area contributed by atoms with Gasteiger partial charge in [0.25, 0.3) is 0 Å². The largest absolute Gasteiger partial charge is 0.348 e. The maximum Gasteiger partial charge on any atom is 0.237 e. The Kier molecular flexibility index (Phi) is 6.63. The van der Waals surface area contributed by atoms with E-state index in [2.05, 4.69) is 10.6 Å². The molecule has 5 heteroatoms. The van der Waals surface area contributed by atoms with Crippen molar-refractivity contribution in [1.82, 2.24) is 10.6 Å². The summed E-state index contributed by atoms with van der Waals surface area (Å²) in [4.78, 5) is 12.1. The van der Waals surface area contributed by atoms with Crippen LogP contribution in [-0.4, -0.2) is 18.5 Å². The van der Waals surface area contributed by atoms with Crippen molar-refractivity contribution in [1.29, 1.82) is 0 Å². The Balaban J connectivity index is 0.00000180. The normalized spacial score (nSPS) is 20.2. The number of rotatable bonds is 3. The summed E-state index contributed by atoms with van der Waals surface area (Å²) < 4.78 is 0. The first-order valence-electron chi connectivity index (χ1n) is 6.46. The van der Waals surface area contributed by atoms with Gasteiger partial charge in [0.1, 0.15) is 0 Å². The van der Waals surface area contributed by atoms with Crippen molar-refractivity contribution < 1.29 is 4.79 Å². The Morgan fingerprint density at radius 2 is 2.26 bits per heavy atom. The minimum Gasteiger partial charge on any atom is -0.348 e. The maximum atomic E-state index is 12.1. The van der Waals surface area contributed by atoms with Crippen LogP contribution < -0.4 is 10.6 Å². The molecule has 106 valence electrons. The van der Waals surface area contributed by atoms with Crippen LogP contribution in [0.25, 0.3) is 0 Å². The van der Waals surface area contributed by atoms with Gasteiger partial charge in [0.15, 0.2) is 0 Å². The van der Waals surface area contributed by atoms with E-state index in [4.69, 9.17) is 11.6 Å². The van der Waals surface area contributed by atoms with Crippen molar-refractivity contribution in [3.8, 4) is 0 Å². The molecular formula is C14H20Cl2N2O. The third-order valence-electron chi connectivity index (χ3n) is 3.33. The van der Waals surface area contributed by atoms with Gasteiger partial charge in [-0.05, 0) is 44.0 Å². The molecule has 0 radical (unpaired) electrons. The number of benzene rings is 1. The fourth-order valence-corrected chi connectivity index (χ4v) is 2.45. The third-order valence-corrected chi connectivity index (χ3v) is 3.57. The zero-order valence-corrected chi connectivity index (χ0v) is 12.6. The summed E-state index contributed by atoms with van der Waals surface area (Å²) in [6.45, 7) is 2.91. The van der Waals surface area contributed by atoms with Gasteiger partial charge in [-0.2, -0.15) is 0 Å². The molecule has 1 heterocycles. The van der Waals surface area contributed by atoms with Crippen molar-refractivity contribution in [2.45, 2.75) is 38.3 Å². The second-order valence-electron chi connectivity index (χ2n) is 4.79. The lowest BCUT2D eigenvalue weighted by atomic mass is 10.0. The van der Waals surface area contributed by atoms with Gasteiger partial charge in [0, 0.05) is 5.02 Å². The second kappa shape index (κ2) is 7.73. The highest BCUT2D eigenvalue weighted by Gasteiger charge is 2.21. The molecule has 2 rings (SSSR count). The smallest absolute Gasteiger partial charge is 0.237 e. The van der Waals surface area contributed by atoms with Gasteiger partial charge < -0.3 is 10.6 Å². The molecule has 3 nitrogen and oxygen atoms in total. The molecule has 0 bridgehead atoms. The van der Waals surface area contributed by atoms with Crippen molar-refractivity contribution in [3.63, 3.8) is 0 Å². The summed E-state index contributed by atoms with van der Waals surface area (Å²) in [6, 6.07) is 7.55. The monoisotopic (exact) mass is 302 g/mol. The van der Waals surface area contributed by atoms with E-state index in [0.717, 1.165) is 31.4 Å². The summed E-state index contributed by atoms with van der Waals surface area (Å²) in [6.07, 6.45) is 3.21. The van der Waals surface area contributed by atoms with Gasteiger partial charge in [-0.15, -0.1) is 12.4 Å². The standard InChI is InChI=1S/C14H19ClN2O.ClH/c1-10(11-5-4-6-12(15)9-11)17-14(18)13-7-2-3-8-16-13;/h4-6,9-10,13,16H,2-3,7-8H2,1H3,(H,17,18);1H/t10-,13-;/m1./s1. The average Bonchev–Trinajstić information content (AvgIpc) is 2.39. The molecule has 0 aromatic heterocycles. The lowest BCUT2D eigenvalue weighted by molar-refractivity contribution is -0.124. The Labute approximate surface area is 125 Å². The number of amides is 1. The van der Waals surface area contributed by atoms with E-state index in [1.807, 2.05) is 31.2 Å². The Morgan fingerprint density at radius 1 is 1.47 bits per heavy atom. The molecule has 1 aliphatic heterocycles. The van der Waals surface area contributed by atoms with Crippen LogP contribution in [0.3, 0.4) is 0 Å². The molecule has 0 unspecified atom stereocenters. The number of hydrogen-bond donors (Lipinski definition) is 2. The van der Waals surface area contributed by atoms with E-state index in [1.165, 1.54) is 0 Å². The van der Waals surface area contributed by atoms with Gasteiger partial charge in [-0.1, -0.05) is 30.2 Å².